The average molecular weight is 370 g/mol. The minimum absolute atomic E-state index is 0.104. The van der Waals surface area contributed by atoms with Crippen molar-refractivity contribution in [2.45, 2.75) is 6.54 Å². The highest BCUT2D eigenvalue weighted by Crippen LogP contribution is 2.08. The molecule has 2 aromatic rings. The molecule has 7 heteroatoms. The van der Waals surface area contributed by atoms with Gasteiger partial charge in [-0.25, -0.2) is 4.39 Å². The normalized spacial score (nSPS) is 15.3. The van der Waals surface area contributed by atoms with Gasteiger partial charge in [-0.15, -0.1) is 0 Å². The highest BCUT2D eigenvalue weighted by Gasteiger charge is 2.19. The van der Waals surface area contributed by atoms with Crippen LogP contribution in [-0.4, -0.2) is 54.3 Å². The third kappa shape index (κ3) is 5.60. The first-order chi connectivity index (χ1) is 13.1. The van der Waals surface area contributed by atoms with Crippen molar-refractivity contribution in [2.24, 2.45) is 0 Å². The number of piperazine rings is 1. The molecule has 0 aliphatic carbocycles. The SMILES string of the molecule is O=C(CN1CCN(Cc2ccccc2)CC1)NNC(=O)c1ccccc1F. The molecule has 6 nitrogen and oxygen atoms in total. The number of hydrogen-bond donors (Lipinski definition) is 2. The van der Waals surface area contributed by atoms with Gasteiger partial charge in [0.05, 0.1) is 12.1 Å². The molecule has 2 N–H and O–H groups in total. The maximum Gasteiger partial charge on any atom is 0.272 e. The standard InChI is InChI=1S/C20H23FN4O2/c21-18-9-5-4-8-17(18)20(27)23-22-19(26)15-25-12-10-24(11-13-25)14-16-6-2-1-3-7-16/h1-9H,10-15H2,(H,22,26)(H,23,27). The summed E-state index contributed by atoms with van der Waals surface area (Å²) in [6, 6.07) is 15.9. The second kappa shape index (κ2) is 9.25. The van der Waals surface area contributed by atoms with Gasteiger partial charge in [-0.05, 0) is 17.7 Å². The molecule has 0 aromatic heterocycles. The molecule has 0 saturated carbocycles. The molecule has 0 atom stereocenters. The number of carbonyl (C=O) groups is 2. The van der Waals surface area contributed by atoms with Crippen LogP contribution in [0, 0.1) is 5.82 Å². The summed E-state index contributed by atoms with van der Waals surface area (Å²) in [5.41, 5.74) is 5.77. The Morgan fingerprint density at radius 1 is 0.852 bits per heavy atom. The van der Waals surface area contributed by atoms with Crippen molar-refractivity contribution < 1.29 is 14.0 Å². The molecule has 1 fully saturated rings. The first-order valence-electron chi connectivity index (χ1n) is 8.94. The summed E-state index contributed by atoms with van der Waals surface area (Å²) in [5.74, 6) is -1.62. The Morgan fingerprint density at radius 2 is 1.48 bits per heavy atom. The zero-order valence-electron chi connectivity index (χ0n) is 15.0. The molecule has 2 aromatic carbocycles. The van der Waals surface area contributed by atoms with Crippen LogP contribution >= 0.6 is 0 Å². The number of nitrogens with zero attached hydrogens (tertiary/aromatic N) is 2. The van der Waals surface area contributed by atoms with E-state index in [1.165, 1.54) is 23.8 Å². The fourth-order valence-corrected chi connectivity index (χ4v) is 3.03. The molecule has 3 rings (SSSR count). The molecule has 0 unspecified atom stereocenters. The van der Waals surface area contributed by atoms with Crippen LogP contribution in [0.1, 0.15) is 15.9 Å². The van der Waals surface area contributed by atoms with Crippen LogP contribution in [0.4, 0.5) is 4.39 Å². The summed E-state index contributed by atoms with van der Waals surface area (Å²) < 4.78 is 13.5. The van der Waals surface area contributed by atoms with Gasteiger partial charge < -0.3 is 0 Å². The highest BCUT2D eigenvalue weighted by molar-refractivity contribution is 5.95. The van der Waals surface area contributed by atoms with E-state index in [1.807, 2.05) is 23.1 Å². The van der Waals surface area contributed by atoms with Gasteiger partial charge in [0.2, 0.25) is 0 Å². The lowest BCUT2D eigenvalue weighted by Gasteiger charge is -2.34. The number of rotatable bonds is 5. The van der Waals surface area contributed by atoms with Crippen LogP contribution in [-0.2, 0) is 11.3 Å². The summed E-state index contributed by atoms with van der Waals surface area (Å²) in [7, 11) is 0. The van der Waals surface area contributed by atoms with E-state index in [0.29, 0.717) is 0 Å². The largest absolute Gasteiger partial charge is 0.297 e. The Kier molecular flexibility index (Phi) is 6.51. The van der Waals surface area contributed by atoms with Gasteiger partial charge in [0, 0.05) is 32.7 Å². The van der Waals surface area contributed by atoms with Gasteiger partial charge >= 0.3 is 0 Å². The van der Waals surface area contributed by atoms with Crippen molar-refractivity contribution in [1.29, 1.82) is 0 Å². The summed E-state index contributed by atoms with van der Waals surface area (Å²) in [6.07, 6.45) is 0. The zero-order chi connectivity index (χ0) is 19.1. The molecule has 2 amide bonds. The van der Waals surface area contributed by atoms with E-state index in [1.54, 1.807) is 6.07 Å². The van der Waals surface area contributed by atoms with Crippen molar-refractivity contribution >= 4 is 11.8 Å². The Balaban J connectivity index is 1.38. The Bertz CT molecular complexity index is 777. The lowest BCUT2D eigenvalue weighted by atomic mass is 10.2. The van der Waals surface area contributed by atoms with Gasteiger partial charge in [-0.2, -0.15) is 0 Å². The first-order valence-corrected chi connectivity index (χ1v) is 8.94. The van der Waals surface area contributed by atoms with Crippen LogP contribution in [0.25, 0.3) is 0 Å². The van der Waals surface area contributed by atoms with Crippen LogP contribution in [0.3, 0.4) is 0 Å². The molecule has 0 radical (unpaired) electrons. The van der Waals surface area contributed by atoms with E-state index in [0.717, 1.165) is 32.7 Å². The van der Waals surface area contributed by atoms with Crippen molar-refractivity contribution in [2.75, 3.05) is 32.7 Å². The van der Waals surface area contributed by atoms with Gasteiger partial charge in [-0.1, -0.05) is 42.5 Å². The molecule has 27 heavy (non-hydrogen) atoms. The summed E-state index contributed by atoms with van der Waals surface area (Å²) in [4.78, 5) is 28.3. The van der Waals surface area contributed by atoms with Crippen molar-refractivity contribution in [3.63, 3.8) is 0 Å². The molecular formula is C20H23FN4O2. The number of hydrazine groups is 1. The van der Waals surface area contributed by atoms with E-state index in [-0.39, 0.29) is 18.0 Å². The summed E-state index contributed by atoms with van der Waals surface area (Å²) in [6.45, 7) is 4.41. The van der Waals surface area contributed by atoms with E-state index in [9.17, 15) is 14.0 Å². The average Bonchev–Trinajstić information content (AvgIpc) is 2.69. The van der Waals surface area contributed by atoms with Crippen molar-refractivity contribution in [3.8, 4) is 0 Å². The highest BCUT2D eigenvalue weighted by atomic mass is 19.1. The number of halogens is 1. The lowest BCUT2D eigenvalue weighted by Crippen LogP contribution is -2.51. The molecule has 1 heterocycles. The maximum absolute atomic E-state index is 13.5. The predicted molar refractivity (Wildman–Crippen MR) is 100 cm³/mol. The minimum atomic E-state index is -0.672. The summed E-state index contributed by atoms with van der Waals surface area (Å²) in [5, 5.41) is 0. The van der Waals surface area contributed by atoms with Crippen molar-refractivity contribution in [3.05, 3.63) is 71.5 Å². The summed E-state index contributed by atoms with van der Waals surface area (Å²) >= 11 is 0. The molecule has 0 bridgehead atoms. The predicted octanol–water partition coefficient (Wildman–Crippen LogP) is 1.40. The molecule has 1 saturated heterocycles. The van der Waals surface area contributed by atoms with E-state index in [2.05, 4.69) is 27.9 Å². The fraction of sp³-hybridized carbons (Fsp3) is 0.300. The molecular weight excluding hydrogens is 347 g/mol. The second-order valence-electron chi connectivity index (χ2n) is 6.52. The van der Waals surface area contributed by atoms with Gasteiger partial charge in [0.1, 0.15) is 5.82 Å². The van der Waals surface area contributed by atoms with E-state index >= 15 is 0 Å². The number of benzene rings is 2. The van der Waals surface area contributed by atoms with Crippen LogP contribution < -0.4 is 10.9 Å². The van der Waals surface area contributed by atoms with Crippen LogP contribution in [0.2, 0.25) is 0 Å². The number of nitrogens with one attached hydrogen (secondary N) is 2. The number of hydrogen-bond acceptors (Lipinski definition) is 4. The van der Waals surface area contributed by atoms with E-state index < -0.39 is 11.7 Å². The quantitative estimate of drug-likeness (QED) is 0.781. The van der Waals surface area contributed by atoms with E-state index in [4.69, 9.17) is 0 Å². The van der Waals surface area contributed by atoms with Gasteiger partial charge in [-0.3, -0.25) is 30.2 Å². The minimum Gasteiger partial charge on any atom is -0.297 e. The smallest absolute Gasteiger partial charge is 0.272 e. The molecule has 1 aliphatic rings. The zero-order valence-corrected chi connectivity index (χ0v) is 15.0. The van der Waals surface area contributed by atoms with Crippen molar-refractivity contribution in [1.82, 2.24) is 20.7 Å². The second-order valence-corrected chi connectivity index (χ2v) is 6.52. The van der Waals surface area contributed by atoms with Gasteiger partial charge in [0.25, 0.3) is 11.8 Å². The Hall–Kier alpha value is -2.77. The Labute approximate surface area is 157 Å². The molecule has 0 spiro atoms. The Morgan fingerprint density at radius 3 is 2.19 bits per heavy atom. The fourth-order valence-electron chi connectivity index (χ4n) is 3.03. The number of amides is 2. The maximum atomic E-state index is 13.5. The van der Waals surface area contributed by atoms with Crippen LogP contribution in [0.15, 0.2) is 54.6 Å². The molecule has 1 aliphatic heterocycles. The topological polar surface area (TPSA) is 64.7 Å². The third-order valence-electron chi connectivity index (χ3n) is 4.52. The third-order valence-corrected chi connectivity index (χ3v) is 4.52. The first kappa shape index (κ1) is 19.0. The van der Waals surface area contributed by atoms with Gasteiger partial charge in [0.15, 0.2) is 0 Å². The lowest BCUT2D eigenvalue weighted by molar-refractivity contribution is -0.123. The van der Waals surface area contributed by atoms with Crippen LogP contribution in [0.5, 0.6) is 0 Å². The monoisotopic (exact) mass is 370 g/mol. The molecule has 142 valence electrons. The number of carbonyl (C=O) groups excluding carboxylic acids is 2.